The topological polar surface area (TPSA) is 115 Å². The zero-order valence-electron chi connectivity index (χ0n) is 10.8. The van der Waals surface area contributed by atoms with Crippen molar-refractivity contribution >= 4 is 32.2 Å². The smallest absolute Gasteiger partial charge is 0.258 e. The van der Waals surface area contributed by atoms with Crippen LogP contribution in [0.1, 0.15) is 11.1 Å². The minimum atomic E-state index is -4.13. The summed E-state index contributed by atoms with van der Waals surface area (Å²) in [6, 6.07) is 0.819. The van der Waals surface area contributed by atoms with E-state index >= 15 is 0 Å². The molecule has 0 saturated heterocycles. The first-order valence-electron chi connectivity index (χ1n) is 5.47. The maximum atomic E-state index is 13.6. The molecule has 1 aromatic heterocycles. The Morgan fingerprint density at radius 1 is 1.43 bits per heavy atom. The molecule has 0 saturated carbocycles. The van der Waals surface area contributed by atoms with Gasteiger partial charge in [-0.2, -0.15) is 4.39 Å². The Morgan fingerprint density at radius 3 is 2.62 bits per heavy atom. The van der Waals surface area contributed by atoms with Crippen LogP contribution in [0.3, 0.4) is 0 Å². The van der Waals surface area contributed by atoms with Gasteiger partial charge >= 0.3 is 5.69 Å². The Bertz CT molecular complexity index is 805. The summed E-state index contributed by atoms with van der Waals surface area (Å²) in [4.78, 5) is 9.59. The molecule has 0 aliphatic carbocycles. The fourth-order valence-corrected chi connectivity index (χ4v) is 4.09. The van der Waals surface area contributed by atoms with Crippen LogP contribution in [0.2, 0.25) is 0 Å². The average Bonchev–Trinajstić information content (AvgIpc) is 2.78. The number of aryl methyl sites for hydroxylation is 1. The van der Waals surface area contributed by atoms with E-state index in [0.717, 1.165) is 17.4 Å². The predicted octanol–water partition coefficient (Wildman–Crippen LogP) is 2.00. The van der Waals surface area contributed by atoms with Gasteiger partial charge in [0.05, 0.1) is 10.5 Å². The third-order valence-electron chi connectivity index (χ3n) is 2.66. The van der Waals surface area contributed by atoms with Crippen LogP contribution in [0.4, 0.5) is 15.2 Å². The van der Waals surface area contributed by atoms with Crippen molar-refractivity contribution in [2.75, 3.05) is 4.72 Å². The van der Waals surface area contributed by atoms with Crippen molar-refractivity contribution < 1.29 is 17.7 Å². The molecular weight excluding hydrogens is 323 g/mol. The maximum absolute atomic E-state index is 13.6. The lowest BCUT2D eigenvalue weighted by Gasteiger charge is -2.11. The minimum absolute atomic E-state index is 0.0146. The van der Waals surface area contributed by atoms with Crippen LogP contribution >= 0.6 is 11.3 Å². The van der Waals surface area contributed by atoms with E-state index in [0.29, 0.717) is 0 Å². The molecule has 0 aliphatic heterocycles. The van der Waals surface area contributed by atoms with Gasteiger partial charge in [0.2, 0.25) is 10.9 Å². The lowest BCUT2D eigenvalue weighted by molar-refractivity contribution is -0.388. The van der Waals surface area contributed by atoms with E-state index < -0.39 is 26.5 Å². The number of nitro groups is 1. The summed E-state index contributed by atoms with van der Waals surface area (Å²) in [5.74, 6) is -1.08. The summed E-state index contributed by atoms with van der Waals surface area (Å²) in [7, 11) is -4.13. The minimum Gasteiger partial charge on any atom is -0.258 e. The first-order chi connectivity index (χ1) is 9.74. The molecule has 0 atom stereocenters. The van der Waals surface area contributed by atoms with E-state index in [1.807, 2.05) is 0 Å². The predicted molar refractivity (Wildman–Crippen MR) is 73.2 cm³/mol. The molecule has 1 N–H and O–H groups in total. The second-order valence-corrected chi connectivity index (χ2v) is 6.54. The number of hydrogen-bond acceptors (Lipinski definition) is 7. The Hall–Kier alpha value is -2.14. The second kappa shape index (κ2) is 5.33. The van der Waals surface area contributed by atoms with Gasteiger partial charge in [-0.25, -0.2) is 8.42 Å². The van der Waals surface area contributed by atoms with Crippen molar-refractivity contribution in [2.24, 2.45) is 0 Å². The summed E-state index contributed by atoms with van der Waals surface area (Å²) < 4.78 is 40.4. The highest BCUT2D eigenvalue weighted by molar-refractivity contribution is 7.93. The summed E-state index contributed by atoms with van der Waals surface area (Å²) in [6.07, 6.45) is 0. The van der Waals surface area contributed by atoms with Gasteiger partial charge in [-0.05, 0) is 25.5 Å². The number of sulfonamides is 1. The first kappa shape index (κ1) is 15.3. The number of benzene rings is 1. The Labute approximate surface area is 122 Å². The highest BCUT2D eigenvalue weighted by Gasteiger charge is 2.29. The molecule has 0 amide bonds. The van der Waals surface area contributed by atoms with Crippen LogP contribution in [0.5, 0.6) is 0 Å². The molecule has 2 aromatic rings. The molecule has 0 unspecified atom stereocenters. The van der Waals surface area contributed by atoms with Crippen molar-refractivity contribution in [2.45, 2.75) is 18.7 Å². The van der Waals surface area contributed by atoms with Crippen LogP contribution < -0.4 is 4.72 Å². The zero-order valence-corrected chi connectivity index (χ0v) is 12.5. The number of rotatable bonds is 4. The van der Waals surface area contributed by atoms with Crippen LogP contribution in [0.15, 0.2) is 16.5 Å². The molecule has 2 rings (SSSR count). The van der Waals surface area contributed by atoms with Crippen molar-refractivity contribution in [1.29, 1.82) is 0 Å². The molecule has 1 heterocycles. The van der Waals surface area contributed by atoms with Crippen LogP contribution in [-0.4, -0.2) is 23.5 Å². The van der Waals surface area contributed by atoms with E-state index in [1.54, 1.807) is 0 Å². The third-order valence-corrected chi connectivity index (χ3v) is 5.02. The van der Waals surface area contributed by atoms with E-state index in [9.17, 15) is 22.9 Å². The molecule has 8 nitrogen and oxygen atoms in total. The van der Waals surface area contributed by atoms with E-state index in [4.69, 9.17) is 0 Å². The van der Waals surface area contributed by atoms with Gasteiger partial charge in [0, 0.05) is 0 Å². The second-order valence-electron chi connectivity index (χ2n) is 4.08. The number of hydrogen-bond donors (Lipinski definition) is 1. The van der Waals surface area contributed by atoms with Crippen LogP contribution in [0.25, 0.3) is 0 Å². The van der Waals surface area contributed by atoms with Gasteiger partial charge in [0.15, 0.2) is 0 Å². The lowest BCUT2D eigenvalue weighted by Crippen LogP contribution is -2.17. The summed E-state index contributed by atoms with van der Waals surface area (Å²) >= 11 is 0.949. The molecule has 11 heteroatoms. The molecule has 112 valence electrons. The molecule has 0 bridgehead atoms. The third kappa shape index (κ3) is 2.83. The molecular formula is C10H9FN4O4S2. The van der Waals surface area contributed by atoms with Gasteiger partial charge < -0.3 is 0 Å². The van der Waals surface area contributed by atoms with E-state index in [1.165, 1.54) is 19.4 Å². The van der Waals surface area contributed by atoms with Crippen molar-refractivity contribution in [1.82, 2.24) is 10.2 Å². The van der Waals surface area contributed by atoms with Gasteiger partial charge in [0.25, 0.3) is 10.0 Å². The van der Waals surface area contributed by atoms with Gasteiger partial charge in [-0.15, -0.1) is 10.2 Å². The lowest BCUT2D eigenvalue weighted by atomic mass is 10.1. The van der Waals surface area contributed by atoms with Crippen LogP contribution in [-0.2, 0) is 10.0 Å². The Balaban J connectivity index is 2.63. The zero-order chi connectivity index (χ0) is 15.8. The number of nitro benzene ring substituents is 1. The fraction of sp³-hybridized carbons (Fsp3) is 0.200. The molecule has 21 heavy (non-hydrogen) atoms. The van der Waals surface area contributed by atoms with E-state index in [2.05, 4.69) is 14.9 Å². The van der Waals surface area contributed by atoms with Crippen molar-refractivity contribution in [3.63, 3.8) is 0 Å². The fourth-order valence-electron chi connectivity index (χ4n) is 1.93. The number of nitrogens with zero attached hydrogens (tertiary/aromatic N) is 3. The molecule has 0 radical (unpaired) electrons. The first-order valence-corrected chi connectivity index (χ1v) is 7.83. The number of aromatic nitrogens is 2. The molecule has 0 aliphatic rings. The molecule has 1 aromatic carbocycles. The molecule has 0 spiro atoms. The van der Waals surface area contributed by atoms with Crippen molar-refractivity contribution in [3.05, 3.63) is 38.6 Å². The Morgan fingerprint density at radius 2 is 2.10 bits per heavy atom. The van der Waals surface area contributed by atoms with Crippen molar-refractivity contribution in [3.8, 4) is 0 Å². The largest absolute Gasteiger partial charge is 0.309 e. The maximum Gasteiger partial charge on any atom is 0.309 e. The quantitative estimate of drug-likeness (QED) is 0.676. The normalized spacial score (nSPS) is 11.4. The SMILES string of the molecule is Cc1cc(F)c([N+](=O)[O-])c(C)c1S(=O)(=O)Nc1nncs1. The van der Waals surface area contributed by atoms with Gasteiger partial charge in [-0.1, -0.05) is 11.3 Å². The highest BCUT2D eigenvalue weighted by Crippen LogP contribution is 2.32. The summed E-state index contributed by atoms with van der Waals surface area (Å²) in [5.41, 5.74) is 0.255. The average molecular weight is 332 g/mol. The number of halogens is 1. The summed E-state index contributed by atoms with van der Waals surface area (Å²) in [5, 5.41) is 17.9. The highest BCUT2D eigenvalue weighted by atomic mass is 32.2. The van der Waals surface area contributed by atoms with Gasteiger partial charge in [0.1, 0.15) is 10.4 Å². The number of anilines is 1. The monoisotopic (exact) mass is 332 g/mol. The Kier molecular flexibility index (Phi) is 3.87. The van der Waals surface area contributed by atoms with Gasteiger partial charge in [-0.3, -0.25) is 14.8 Å². The van der Waals surface area contributed by atoms with Crippen LogP contribution in [0, 0.1) is 29.8 Å². The van der Waals surface area contributed by atoms with E-state index in [-0.39, 0.29) is 21.2 Å². The standard InChI is InChI=1S/C10H9FN4O4S2/c1-5-3-7(11)8(15(16)17)6(2)9(5)21(18,19)14-10-13-12-4-20-10/h3-4H,1-2H3,(H,13,14). The number of nitrogens with one attached hydrogen (secondary N) is 1. The summed E-state index contributed by atoms with van der Waals surface area (Å²) in [6.45, 7) is 2.54. The molecule has 0 fully saturated rings.